The maximum Gasteiger partial charge on any atom is 0.307 e. The van der Waals surface area contributed by atoms with Gasteiger partial charge in [-0.15, -0.1) is 0 Å². The zero-order valence-corrected chi connectivity index (χ0v) is 20.3. The highest BCUT2D eigenvalue weighted by atomic mass is 16.5. The lowest BCUT2D eigenvalue weighted by Crippen LogP contribution is -2.27. The van der Waals surface area contributed by atoms with Crippen molar-refractivity contribution in [2.24, 2.45) is 5.92 Å². The molecule has 35 heavy (non-hydrogen) atoms. The molecule has 0 bridgehead atoms. The summed E-state index contributed by atoms with van der Waals surface area (Å²) in [4.78, 5) is 21.5. The van der Waals surface area contributed by atoms with Gasteiger partial charge < -0.3 is 14.4 Å². The van der Waals surface area contributed by atoms with Crippen LogP contribution in [0.25, 0.3) is 11.0 Å². The number of aryl methyl sites for hydroxylation is 2. The van der Waals surface area contributed by atoms with Gasteiger partial charge in [0.25, 0.3) is 0 Å². The molecule has 5 rings (SSSR count). The first-order chi connectivity index (χ1) is 17.0. The average Bonchev–Trinajstić information content (AvgIpc) is 3.21. The van der Waals surface area contributed by atoms with E-state index in [0.29, 0.717) is 19.6 Å². The number of carbonyl (C=O) groups is 1. The number of carboxylic acids is 1. The Balaban J connectivity index is 1.53. The SMILES string of the molecule is Cc1ccc(COc2ccc3nc(C4CCCC[C@H]4C(=O)O)n(Cc4cccc(C)c4)c3c2)nc1. The van der Waals surface area contributed by atoms with Crippen molar-refractivity contribution in [1.29, 1.82) is 0 Å². The van der Waals surface area contributed by atoms with E-state index in [1.807, 2.05) is 43.5 Å². The molecular formula is C29H31N3O3. The highest BCUT2D eigenvalue weighted by molar-refractivity contribution is 5.79. The Hall–Kier alpha value is -3.67. The predicted octanol–water partition coefficient (Wildman–Crippen LogP) is 6.03. The summed E-state index contributed by atoms with van der Waals surface area (Å²) in [5.74, 6) is 0.388. The molecule has 2 aromatic carbocycles. The number of hydrogen-bond donors (Lipinski definition) is 1. The van der Waals surface area contributed by atoms with E-state index in [1.165, 1.54) is 11.1 Å². The molecule has 180 valence electrons. The minimum atomic E-state index is -0.724. The van der Waals surface area contributed by atoms with Crippen LogP contribution in [0.4, 0.5) is 0 Å². The third-order valence-electron chi connectivity index (χ3n) is 6.95. The van der Waals surface area contributed by atoms with Gasteiger partial charge in [-0.25, -0.2) is 4.98 Å². The molecule has 1 fully saturated rings. The summed E-state index contributed by atoms with van der Waals surface area (Å²) in [6.07, 6.45) is 5.37. The van der Waals surface area contributed by atoms with E-state index in [0.717, 1.165) is 53.1 Å². The van der Waals surface area contributed by atoms with E-state index in [2.05, 4.69) is 40.7 Å². The van der Waals surface area contributed by atoms with Gasteiger partial charge in [0.2, 0.25) is 0 Å². The normalized spacial score (nSPS) is 18.0. The minimum Gasteiger partial charge on any atom is -0.487 e. The molecule has 0 aliphatic heterocycles. The van der Waals surface area contributed by atoms with E-state index < -0.39 is 11.9 Å². The molecule has 0 spiro atoms. The number of hydrogen-bond acceptors (Lipinski definition) is 4. The zero-order chi connectivity index (χ0) is 24.4. The minimum absolute atomic E-state index is 0.0976. The molecule has 0 saturated heterocycles. The van der Waals surface area contributed by atoms with Crippen LogP contribution in [0.3, 0.4) is 0 Å². The Labute approximate surface area is 205 Å². The van der Waals surface area contributed by atoms with E-state index in [4.69, 9.17) is 9.72 Å². The number of nitrogens with zero attached hydrogens (tertiary/aromatic N) is 3. The number of fused-ring (bicyclic) bond motifs is 1. The van der Waals surface area contributed by atoms with Crippen molar-refractivity contribution in [2.75, 3.05) is 0 Å². The summed E-state index contributed by atoms with van der Waals surface area (Å²) in [5, 5.41) is 9.94. The van der Waals surface area contributed by atoms with Gasteiger partial charge in [-0.1, -0.05) is 48.7 Å². The predicted molar refractivity (Wildman–Crippen MR) is 136 cm³/mol. The van der Waals surface area contributed by atoms with Gasteiger partial charge in [-0.05, 0) is 56.0 Å². The number of imidazole rings is 1. The van der Waals surface area contributed by atoms with Crippen LogP contribution in [0.15, 0.2) is 60.8 Å². The van der Waals surface area contributed by atoms with Crippen molar-refractivity contribution in [3.8, 4) is 5.75 Å². The molecule has 0 radical (unpaired) electrons. The number of aliphatic carboxylic acids is 1. The lowest BCUT2D eigenvalue weighted by atomic mass is 9.78. The molecular weight excluding hydrogens is 438 g/mol. The van der Waals surface area contributed by atoms with Gasteiger partial charge in [0.1, 0.15) is 18.2 Å². The summed E-state index contributed by atoms with van der Waals surface area (Å²) in [6.45, 7) is 5.12. The number of aromatic nitrogens is 3. The van der Waals surface area contributed by atoms with E-state index >= 15 is 0 Å². The molecule has 1 aliphatic rings. The molecule has 0 amide bonds. The van der Waals surface area contributed by atoms with Gasteiger partial charge in [0.05, 0.1) is 22.6 Å². The maximum atomic E-state index is 12.1. The lowest BCUT2D eigenvalue weighted by Gasteiger charge is -2.28. The van der Waals surface area contributed by atoms with Crippen molar-refractivity contribution in [2.45, 2.75) is 58.6 Å². The number of rotatable bonds is 7. The monoisotopic (exact) mass is 469 g/mol. The van der Waals surface area contributed by atoms with E-state index in [1.54, 1.807) is 0 Å². The Bertz CT molecular complexity index is 1340. The van der Waals surface area contributed by atoms with Crippen LogP contribution in [-0.2, 0) is 17.9 Å². The number of pyridine rings is 1. The molecule has 1 unspecified atom stereocenters. The Morgan fingerprint density at radius 1 is 1.06 bits per heavy atom. The molecule has 1 N–H and O–H groups in total. The average molecular weight is 470 g/mol. The van der Waals surface area contributed by atoms with Crippen LogP contribution in [0, 0.1) is 19.8 Å². The maximum absolute atomic E-state index is 12.1. The molecule has 1 aliphatic carbocycles. The first-order valence-corrected chi connectivity index (χ1v) is 12.3. The fourth-order valence-electron chi connectivity index (χ4n) is 5.13. The third kappa shape index (κ3) is 5.06. The highest BCUT2D eigenvalue weighted by Crippen LogP contribution is 2.39. The van der Waals surface area contributed by atoms with Crippen LogP contribution in [0.5, 0.6) is 5.75 Å². The van der Waals surface area contributed by atoms with Gasteiger partial charge in [0, 0.05) is 24.7 Å². The summed E-state index contributed by atoms with van der Waals surface area (Å²) < 4.78 is 8.28. The van der Waals surface area contributed by atoms with Crippen LogP contribution in [0.2, 0.25) is 0 Å². The van der Waals surface area contributed by atoms with Crippen molar-refractivity contribution in [3.63, 3.8) is 0 Å². The first-order valence-electron chi connectivity index (χ1n) is 12.3. The van der Waals surface area contributed by atoms with Crippen molar-refractivity contribution in [1.82, 2.24) is 14.5 Å². The topological polar surface area (TPSA) is 77.2 Å². The molecule has 6 nitrogen and oxygen atoms in total. The van der Waals surface area contributed by atoms with Crippen LogP contribution >= 0.6 is 0 Å². The van der Waals surface area contributed by atoms with Gasteiger partial charge in [-0.2, -0.15) is 0 Å². The summed E-state index contributed by atoms with van der Waals surface area (Å²) in [7, 11) is 0. The second kappa shape index (κ2) is 9.90. The summed E-state index contributed by atoms with van der Waals surface area (Å²) in [6, 6.07) is 18.4. The van der Waals surface area contributed by atoms with Crippen molar-refractivity contribution < 1.29 is 14.6 Å². The largest absolute Gasteiger partial charge is 0.487 e. The van der Waals surface area contributed by atoms with Crippen LogP contribution in [0.1, 0.15) is 59.8 Å². The smallest absolute Gasteiger partial charge is 0.307 e. The fourth-order valence-corrected chi connectivity index (χ4v) is 5.13. The van der Waals surface area contributed by atoms with Crippen molar-refractivity contribution >= 4 is 17.0 Å². The van der Waals surface area contributed by atoms with Crippen molar-refractivity contribution in [3.05, 3.63) is 89.0 Å². The molecule has 1 saturated carbocycles. The highest BCUT2D eigenvalue weighted by Gasteiger charge is 2.35. The zero-order valence-electron chi connectivity index (χ0n) is 20.3. The summed E-state index contributed by atoms with van der Waals surface area (Å²) in [5.41, 5.74) is 6.18. The Kier molecular flexibility index (Phi) is 6.53. The van der Waals surface area contributed by atoms with E-state index in [9.17, 15) is 9.90 Å². The Morgan fingerprint density at radius 3 is 2.69 bits per heavy atom. The molecule has 2 aromatic heterocycles. The van der Waals surface area contributed by atoms with Gasteiger partial charge in [-0.3, -0.25) is 9.78 Å². The second-order valence-electron chi connectivity index (χ2n) is 9.65. The number of ether oxygens (including phenoxy) is 1. The van der Waals surface area contributed by atoms with Crippen LogP contribution in [-0.4, -0.2) is 25.6 Å². The van der Waals surface area contributed by atoms with Gasteiger partial charge >= 0.3 is 5.97 Å². The molecule has 2 atom stereocenters. The first kappa shape index (κ1) is 23.1. The third-order valence-corrected chi connectivity index (χ3v) is 6.95. The Morgan fingerprint density at radius 2 is 1.91 bits per heavy atom. The summed E-state index contributed by atoms with van der Waals surface area (Å²) >= 11 is 0. The van der Waals surface area contributed by atoms with Gasteiger partial charge in [0.15, 0.2) is 0 Å². The quantitative estimate of drug-likeness (QED) is 0.357. The molecule has 2 heterocycles. The standard InChI is InChI=1S/C29H31N3O3/c1-19-6-5-7-21(14-19)17-32-27-15-23(35-18-22-11-10-20(2)16-30-22)12-13-26(27)31-28(32)24-8-3-4-9-25(24)29(33)34/h5-7,10-16,24-25H,3-4,8-9,17-18H2,1-2H3,(H,33,34)/t24?,25-/m1/s1. The van der Waals surface area contributed by atoms with Crippen LogP contribution < -0.4 is 4.74 Å². The molecule has 6 heteroatoms. The van der Waals surface area contributed by atoms with E-state index in [-0.39, 0.29) is 5.92 Å². The number of benzene rings is 2. The lowest BCUT2D eigenvalue weighted by molar-refractivity contribution is -0.143. The second-order valence-corrected chi connectivity index (χ2v) is 9.65. The number of carboxylic acid groups (broad SMARTS) is 1. The fraction of sp³-hybridized carbons (Fsp3) is 0.345. The molecule has 4 aromatic rings.